The van der Waals surface area contributed by atoms with E-state index in [1.54, 1.807) is 19.9 Å². The largest absolute Gasteiger partial charge is 0.494 e. The van der Waals surface area contributed by atoms with Crippen LogP contribution < -0.4 is 15.4 Å². The second-order valence-electron chi connectivity index (χ2n) is 10.1. The summed E-state index contributed by atoms with van der Waals surface area (Å²) in [7, 11) is 1.34. The zero-order chi connectivity index (χ0) is 29.8. The first kappa shape index (κ1) is 32.6. The smallest absolute Gasteiger partial charge is 0.332 e. The van der Waals surface area contributed by atoms with E-state index in [-0.39, 0.29) is 17.0 Å². The lowest BCUT2D eigenvalue weighted by Gasteiger charge is -2.30. The molecule has 1 aromatic carbocycles. The van der Waals surface area contributed by atoms with Gasteiger partial charge in [-0.05, 0) is 38.8 Å². The van der Waals surface area contributed by atoms with E-state index in [1.165, 1.54) is 26.2 Å². The van der Waals surface area contributed by atoms with Crippen LogP contribution in [0.25, 0.3) is 0 Å². The molecule has 2 N–H and O–H groups in total. The van der Waals surface area contributed by atoms with Gasteiger partial charge >= 0.3 is 17.9 Å². The van der Waals surface area contributed by atoms with Crippen molar-refractivity contribution in [2.75, 3.05) is 12.4 Å². The zero-order valence-corrected chi connectivity index (χ0v) is 24.2. The summed E-state index contributed by atoms with van der Waals surface area (Å²) in [6, 6.07) is 3.18. The summed E-state index contributed by atoms with van der Waals surface area (Å²) in [6.07, 6.45) is 1.83. The minimum absolute atomic E-state index is 0.0442. The van der Waals surface area contributed by atoms with Crippen LogP contribution in [0, 0.1) is 11.8 Å². The number of rotatable bonds is 13. The first-order chi connectivity index (χ1) is 19.1. The number of hydrogen-bond acceptors (Lipinski definition) is 9. The quantitative estimate of drug-likeness (QED) is 0.159. The Kier molecular flexibility index (Phi) is 12.9. The average molecular weight is 563 g/mol. The van der Waals surface area contributed by atoms with Crippen LogP contribution in [0.1, 0.15) is 83.5 Å². The molecule has 0 saturated carbocycles. The Morgan fingerprint density at radius 1 is 1.05 bits per heavy atom. The fraction of sp³-hybridized carbons (Fsp3) is 0.621. The molecule has 1 heterocycles. The molecule has 0 spiro atoms. The number of methoxy groups -OCH3 is 1. The van der Waals surface area contributed by atoms with Gasteiger partial charge in [0.15, 0.2) is 17.9 Å². The van der Waals surface area contributed by atoms with E-state index >= 15 is 0 Å². The van der Waals surface area contributed by atoms with Crippen molar-refractivity contribution in [1.29, 1.82) is 0 Å². The van der Waals surface area contributed by atoms with E-state index in [9.17, 15) is 24.0 Å². The van der Waals surface area contributed by atoms with E-state index in [4.69, 9.17) is 18.9 Å². The number of carbonyl (C=O) groups is 5. The molecule has 0 radical (unpaired) electrons. The predicted octanol–water partition coefficient (Wildman–Crippen LogP) is 3.78. The third-order valence-corrected chi connectivity index (χ3v) is 7.09. The first-order valence-electron chi connectivity index (χ1n) is 13.9. The molecule has 11 heteroatoms. The molecule has 1 aromatic rings. The molecule has 2 amide bonds. The van der Waals surface area contributed by atoms with Gasteiger partial charge in [0.1, 0.15) is 12.2 Å². The van der Waals surface area contributed by atoms with Gasteiger partial charge in [0, 0.05) is 0 Å². The molecule has 6 atom stereocenters. The van der Waals surface area contributed by atoms with Crippen LogP contribution in [0.15, 0.2) is 18.2 Å². The molecule has 222 valence electrons. The number of amides is 2. The summed E-state index contributed by atoms with van der Waals surface area (Å²) >= 11 is 0. The highest BCUT2D eigenvalue weighted by Crippen LogP contribution is 2.30. The Balaban J connectivity index is 2.37. The maximum Gasteiger partial charge on any atom is 0.332 e. The molecule has 0 aliphatic carbocycles. The van der Waals surface area contributed by atoms with Crippen LogP contribution in [0.5, 0.6) is 5.75 Å². The topological polar surface area (TPSA) is 146 Å². The summed E-state index contributed by atoms with van der Waals surface area (Å²) in [6.45, 7) is 8.70. The number of ether oxygens (including phenoxy) is 4. The van der Waals surface area contributed by atoms with E-state index in [0.717, 1.165) is 19.3 Å². The van der Waals surface area contributed by atoms with E-state index in [2.05, 4.69) is 17.6 Å². The van der Waals surface area contributed by atoms with E-state index in [0.29, 0.717) is 25.7 Å². The Morgan fingerprint density at radius 3 is 2.38 bits per heavy atom. The van der Waals surface area contributed by atoms with Gasteiger partial charge in [-0.2, -0.15) is 0 Å². The maximum absolute atomic E-state index is 13.4. The zero-order valence-electron chi connectivity index (χ0n) is 24.2. The summed E-state index contributed by atoms with van der Waals surface area (Å²) in [5.41, 5.74) is 0.301. The molecular formula is C29H42N2O9. The van der Waals surface area contributed by atoms with Crippen LogP contribution in [-0.2, 0) is 33.4 Å². The first-order valence-corrected chi connectivity index (χ1v) is 13.9. The third-order valence-electron chi connectivity index (χ3n) is 7.09. The van der Waals surface area contributed by atoms with Gasteiger partial charge in [0.2, 0.25) is 6.41 Å². The second kappa shape index (κ2) is 15.8. The molecule has 40 heavy (non-hydrogen) atoms. The van der Waals surface area contributed by atoms with Crippen molar-refractivity contribution in [1.82, 2.24) is 5.32 Å². The number of carbonyl (C=O) groups excluding carboxylic acids is 5. The summed E-state index contributed by atoms with van der Waals surface area (Å²) in [5.74, 6) is -3.85. The number of unbranched alkanes of at least 4 members (excludes halogenated alkanes) is 3. The van der Waals surface area contributed by atoms with Crippen molar-refractivity contribution < 1.29 is 42.9 Å². The monoisotopic (exact) mass is 562 g/mol. The predicted molar refractivity (Wildman–Crippen MR) is 147 cm³/mol. The number of anilines is 1. The van der Waals surface area contributed by atoms with Crippen molar-refractivity contribution in [2.24, 2.45) is 11.8 Å². The SMILES string of the molecule is CCCCCC[C@H]1C(=O)O[C@H](C)[C@H](NC(=O)c2cccc(NC=O)c2OC)C(=O)O[C@@H](C)[C@@H]1OC(=O)C(C)CC. The number of para-hydroxylation sites is 1. The highest BCUT2D eigenvalue weighted by atomic mass is 16.6. The lowest BCUT2D eigenvalue weighted by molar-refractivity contribution is -0.177. The minimum atomic E-state index is -1.36. The number of nitrogens with one attached hydrogen (secondary N) is 2. The third kappa shape index (κ3) is 8.43. The standard InChI is InChI=1S/C29H42N2O9/c1-7-9-10-11-13-21-24(40-27(34)17(3)8-2)19(5)39-29(36)23(18(4)38-28(21)35)31-26(33)20-14-12-15-22(30-16-32)25(20)37-6/h12,14-19,21,23-24H,7-11,13H2,1-6H3,(H,30,32)(H,31,33)/t17?,18-,19+,21-,23+,24+/m1/s1. The van der Waals surface area contributed by atoms with Gasteiger partial charge in [-0.1, -0.05) is 52.5 Å². The number of hydrogen-bond donors (Lipinski definition) is 2. The van der Waals surface area contributed by atoms with Crippen molar-refractivity contribution >= 4 is 35.9 Å². The number of benzene rings is 1. The number of esters is 3. The molecular weight excluding hydrogens is 520 g/mol. The fourth-order valence-corrected chi connectivity index (χ4v) is 4.49. The Labute approximate surface area is 235 Å². The van der Waals surface area contributed by atoms with Gasteiger partial charge in [-0.25, -0.2) is 4.79 Å². The lowest BCUT2D eigenvalue weighted by Crippen LogP contribution is -2.50. The number of cyclic esters (lactones) is 2. The van der Waals surface area contributed by atoms with Gasteiger partial charge in [0.25, 0.3) is 5.91 Å². The molecule has 1 aliphatic heterocycles. The molecule has 1 fully saturated rings. The summed E-state index contributed by atoms with van der Waals surface area (Å²) in [5, 5.41) is 5.03. The van der Waals surface area contributed by atoms with Gasteiger partial charge in [-0.3, -0.25) is 19.2 Å². The van der Waals surface area contributed by atoms with Crippen LogP contribution in [-0.4, -0.2) is 61.7 Å². The normalized spacial score (nSPS) is 23.8. The van der Waals surface area contributed by atoms with Gasteiger partial charge in [0.05, 0.1) is 30.2 Å². The molecule has 11 nitrogen and oxygen atoms in total. The van der Waals surface area contributed by atoms with Gasteiger partial charge in [-0.15, -0.1) is 0 Å². The van der Waals surface area contributed by atoms with Crippen molar-refractivity contribution in [3.8, 4) is 5.75 Å². The maximum atomic E-state index is 13.4. The second-order valence-corrected chi connectivity index (χ2v) is 10.1. The van der Waals surface area contributed by atoms with Crippen molar-refractivity contribution in [2.45, 2.75) is 97.5 Å². The summed E-state index contributed by atoms with van der Waals surface area (Å²) in [4.78, 5) is 63.7. The minimum Gasteiger partial charge on any atom is -0.494 e. The molecule has 0 aromatic heterocycles. The highest BCUT2D eigenvalue weighted by molar-refractivity contribution is 6.01. The molecule has 1 unspecified atom stereocenters. The molecule has 1 saturated heterocycles. The Morgan fingerprint density at radius 2 is 1.75 bits per heavy atom. The fourth-order valence-electron chi connectivity index (χ4n) is 4.49. The molecule has 2 rings (SSSR count). The lowest BCUT2D eigenvalue weighted by atomic mass is 9.91. The van der Waals surface area contributed by atoms with E-state index < -0.39 is 60.0 Å². The highest BCUT2D eigenvalue weighted by Gasteiger charge is 2.44. The Bertz CT molecular complexity index is 1040. The van der Waals surface area contributed by atoms with Crippen LogP contribution in [0.2, 0.25) is 0 Å². The van der Waals surface area contributed by atoms with Crippen LogP contribution in [0.3, 0.4) is 0 Å². The molecule has 1 aliphatic rings. The average Bonchev–Trinajstić information content (AvgIpc) is 2.95. The summed E-state index contributed by atoms with van der Waals surface area (Å²) < 4.78 is 22.5. The van der Waals surface area contributed by atoms with Crippen molar-refractivity contribution in [3.05, 3.63) is 23.8 Å². The molecule has 0 bridgehead atoms. The van der Waals surface area contributed by atoms with E-state index in [1.807, 2.05) is 6.92 Å². The van der Waals surface area contributed by atoms with Gasteiger partial charge < -0.3 is 29.6 Å². The van der Waals surface area contributed by atoms with Crippen molar-refractivity contribution in [3.63, 3.8) is 0 Å². The Hall–Kier alpha value is -3.63. The van der Waals surface area contributed by atoms with Crippen LogP contribution >= 0.6 is 0 Å². The van der Waals surface area contributed by atoms with Crippen LogP contribution in [0.4, 0.5) is 5.69 Å².